The molecular weight excluding hydrogens is 228 g/mol. The number of ether oxygens (including phenoxy) is 1. The third kappa shape index (κ3) is 2.72. The molecule has 0 spiro atoms. The number of hydrogen-bond acceptors (Lipinski definition) is 4. The van der Waals surface area contributed by atoms with Gasteiger partial charge < -0.3 is 10.5 Å². The lowest BCUT2D eigenvalue weighted by Crippen LogP contribution is -2.09. The number of carbonyl (C=O) groups is 1. The molecule has 4 nitrogen and oxygen atoms in total. The van der Waals surface area contributed by atoms with Crippen LogP contribution in [0, 0.1) is 11.3 Å². The summed E-state index contributed by atoms with van der Waals surface area (Å²) in [5, 5.41) is 9.16. The number of nitrogens with two attached hydrogens (primary N) is 1. The van der Waals surface area contributed by atoms with Gasteiger partial charge in [0.25, 0.3) is 0 Å². The van der Waals surface area contributed by atoms with E-state index in [-0.39, 0.29) is 18.9 Å². The van der Waals surface area contributed by atoms with Gasteiger partial charge in [-0.1, -0.05) is 11.6 Å². The average Bonchev–Trinajstić information content (AvgIpc) is 2.30. The zero-order chi connectivity index (χ0) is 12.1. The summed E-state index contributed by atoms with van der Waals surface area (Å²) in [6.07, 6.45) is 0.0921. The largest absolute Gasteiger partial charge is 0.469 e. The summed E-state index contributed by atoms with van der Waals surface area (Å²) >= 11 is 5.86. The Morgan fingerprint density at radius 1 is 1.56 bits per heavy atom. The summed E-state index contributed by atoms with van der Waals surface area (Å²) in [6.45, 7) is 0.262. The van der Waals surface area contributed by atoms with Crippen LogP contribution in [0.3, 0.4) is 0 Å². The summed E-state index contributed by atoms with van der Waals surface area (Å²) in [4.78, 5) is 11.2. The summed E-state index contributed by atoms with van der Waals surface area (Å²) in [5.41, 5.74) is 7.29. The number of nitriles is 1. The average molecular weight is 239 g/mol. The van der Waals surface area contributed by atoms with E-state index in [1.807, 2.05) is 6.07 Å². The van der Waals surface area contributed by atoms with E-state index in [1.54, 1.807) is 12.1 Å². The highest BCUT2D eigenvalue weighted by Gasteiger charge is 2.11. The lowest BCUT2D eigenvalue weighted by atomic mass is 10.0. The molecule has 0 bridgehead atoms. The van der Waals surface area contributed by atoms with E-state index in [9.17, 15) is 4.79 Å². The minimum absolute atomic E-state index is 0.0921. The van der Waals surface area contributed by atoms with Gasteiger partial charge in [-0.15, -0.1) is 0 Å². The molecule has 0 aliphatic carbocycles. The smallest absolute Gasteiger partial charge is 0.309 e. The van der Waals surface area contributed by atoms with Crippen LogP contribution < -0.4 is 5.73 Å². The van der Waals surface area contributed by atoms with Crippen LogP contribution in [-0.4, -0.2) is 13.1 Å². The number of rotatable bonds is 3. The van der Waals surface area contributed by atoms with Crippen LogP contribution >= 0.6 is 11.6 Å². The maximum atomic E-state index is 11.2. The fourth-order valence-corrected chi connectivity index (χ4v) is 1.56. The Morgan fingerprint density at radius 3 is 2.75 bits per heavy atom. The van der Waals surface area contributed by atoms with Gasteiger partial charge in [-0.05, 0) is 23.3 Å². The zero-order valence-electron chi connectivity index (χ0n) is 8.79. The fraction of sp³-hybridized carbons (Fsp3) is 0.273. The van der Waals surface area contributed by atoms with E-state index in [4.69, 9.17) is 22.6 Å². The molecule has 0 aliphatic heterocycles. The SMILES string of the molecule is COC(=O)Cc1cc(C#N)c(Cl)cc1CN. The third-order valence-electron chi connectivity index (χ3n) is 2.19. The van der Waals surface area contributed by atoms with Gasteiger partial charge in [0.15, 0.2) is 0 Å². The Hall–Kier alpha value is -1.57. The van der Waals surface area contributed by atoms with Gasteiger partial charge in [-0.25, -0.2) is 0 Å². The van der Waals surface area contributed by atoms with Crippen LogP contribution in [0.2, 0.25) is 5.02 Å². The van der Waals surface area contributed by atoms with E-state index in [0.29, 0.717) is 16.1 Å². The lowest BCUT2D eigenvalue weighted by Gasteiger charge is -2.08. The van der Waals surface area contributed by atoms with Gasteiger partial charge in [-0.3, -0.25) is 4.79 Å². The molecule has 1 rings (SSSR count). The molecule has 5 heteroatoms. The van der Waals surface area contributed by atoms with E-state index in [2.05, 4.69) is 4.74 Å². The second kappa shape index (κ2) is 5.50. The monoisotopic (exact) mass is 238 g/mol. The third-order valence-corrected chi connectivity index (χ3v) is 2.50. The Bertz CT molecular complexity index is 452. The summed E-state index contributed by atoms with van der Waals surface area (Å²) < 4.78 is 4.56. The molecule has 0 aliphatic rings. The molecular formula is C11H11ClN2O2. The van der Waals surface area contributed by atoms with E-state index in [0.717, 1.165) is 5.56 Å². The molecule has 0 fully saturated rings. The van der Waals surface area contributed by atoms with Crippen molar-refractivity contribution in [1.82, 2.24) is 0 Å². The minimum atomic E-state index is -0.374. The number of hydrogen-bond donors (Lipinski definition) is 1. The Labute approximate surface area is 98.6 Å². The molecule has 0 amide bonds. The topological polar surface area (TPSA) is 76.1 Å². The van der Waals surface area contributed by atoms with Crippen LogP contribution in [0.15, 0.2) is 12.1 Å². The van der Waals surface area contributed by atoms with Crippen molar-refractivity contribution in [3.8, 4) is 6.07 Å². The van der Waals surface area contributed by atoms with Crippen molar-refractivity contribution in [2.45, 2.75) is 13.0 Å². The second-order valence-electron chi connectivity index (χ2n) is 3.17. The van der Waals surface area contributed by atoms with Crippen LogP contribution in [0.5, 0.6) is 0 Å². The van der Waals surface area contributed by atoms with Crippen molar-refractivity contribution in [3.05, 3.63) is 33.8 Å². The van der Waals surface area contributed by atoms with E-state index >= 15 is 0 Å². The van der Waals surface area contributed by atoms with E-state index < -0.39 is 0 Å². The van der Waals surface area contributed by atoms with Crippen LogP contribution in [0.25, 0.3) is 0 Å². The van der Waals surface area contributed by atoms with Crippen LogP contribution in [0.1, 0.15) is 16.7 Å². The van der Waals surface area contributed by atoms with Crippen molar-refractivity contribution >= 4 is 17.6 Å². The highest BCUT2D eigenvalue weighted by Crippen LogP contribution is 2.21. The fourth-order valence-electron chi connectivity index (χ4n) is 1.33. The maximum absolute atomic E-state index is 11.2. The number of halogens is 1. The number of methoxy groups -OCH3 is 1. The van der Waals surface area contributed by atoms with Gasteiger partial charge >= 0.3 is 5.97 Å². The van der Waals surface area contributed by atoms with Crippen molar-refractivity contribution in [1.29, 1.82) is 5.26 Å². The van der Waals surface area contributed by atoms with Gasteiger partial charge in [0.2, 0.25) is 0 Å². The summed E-state index contributed by atoms with van der Waals surface area (Å²) in [7, 11) is 1.31. The molecule has 1 aromatic rings. The Kier molecular flexibility index (Phi) is 4.29. The van der Waals surface area contributed by atoms with Gasteiger partial charge in [-0.2, -0.15) is 5.26 Å². The van der Waals surface area contributed by atoms with Crippen molar-refractivity contribution in [3.63, 3.8) is 0 Å². The van der Waals surface area contributed by atoms with E-state index in [1.165, 1.54) is 7.11 Å². The number of benzene rings is 1. The second-order valence-corrected chi connectivity index (χ2v) is 3.58. The molecule has 0 saturated heterocycles. The van der Waals surface area contributed by atoms with Crippen molar-refractivity contribution < 1.29 is 9.53 Å². The first-order valence-electron chi connectivity index (χ1n) is 4.60. The molecule has 1 aromatic carbocycles. The molecule has 0 heterocycles. The Balaban J connectivity index is 3.15. The molecule has 0 unspecified atom stereocenters. The van der Waals surface area contributed by atoms with Gasteiger partial charge in [0, 0.05) is 6.54 Å². The maximum Gasteiger partial charge on any atom is 0.309 e. The quantitative estimate of drug-likeness (QED) is 0.808. The number of nitrogens with zero attached hydrogens (tertiary/aromatic N) is 1. The molecule has 0 radical (unpaired) electrons. The molecule has 0 atom stereocenters. The predicted molar refractivity (Wildman–Crippen MR) is 59.8 cm³/mol. The number of carbonyl (C=O) groups excluding carboxylic acids is 1. The predicted octanol–water partition coefficient (Wildman–Crippen LogP) is 1.39. The zero-order valence-corrected chi connectivity index (χ0v) is 9.54. The highest BCUT2D eigenvalue weighted by atomic mass is 35.5. The first-order chi connectivity index (χ1) is 7.62. The highest BCUT2D eigenvalue weighted by molar-refractivity contribution is 6.31. The van der Waals surface area contributed by atoms with Crippen LogP contribution in [-0.2, 0) is 22.5 Å². The molecule has 16 heavy (non-hydrogen) atoms. The van der Waals surface area contributed by atoms with Crippen molar-refractivity contribution in [2.75, 3.05) is 7.11 Å². The summed E-state index contributed by atoms with van der Waals surface area (Å²) in [5.74, 6) is -0.374. The lowest BCUT2D eigenvalue weighted by molar-refractivity contribution is -0.139. The first kappa shape index (κ1) is 12.5. The van der Waals surface area contributed by atoms with Crippen molar-refractivity contribution in [2.24, 2.45) is 5.73 Å². The van der Waals surface area contributed by atoms with Gasteiger partial charge in [0.05, 0.1) is 24.1 Å². The standard InChI is InChI=1S/C11H11ClN2O2/c1-16-11(15)4-7-2-9(6-14)10(12)3-8(7)5-13/h2-3H,4-5,13H2,1H3. The summed E-state index contributed by atoms with van der Waals surface area (Å²) in [6, 6.07) is 5.13. The molecule has 0 aromatic heterocycles. The van der Waals surface area contributed by atoms with Crippen LogP contribution in [0.4, 0.5) is 0 Å². The number of esters is 1. The Morgan fingerprint density at radius 2 is 2.25 bits per heavy atom. The molecule has 84 valence electrons. The van der Waals surface area contributed by atoms with Gasteiger partial charge in [0.1, 0.15) is 6.07 Å². The molecule has 0 saturated carbocycles. The molecule has 2 N–H and O–H groups in total. The first-order valence-corrected chi connectivity index (χ1v) is 4.98. The minimum Gasteiger partial charge on any atom is -0.469 e. The normalized spacial score (nSPS) is 9.62.